The normalized spacial score (nSPS) is 18.1. The number of hydrogen-bond acceptors (Lipinski definition) is 3. The van der Waals surface area contributed by atoms with Crippen molar-refractivity contribution in [3.63, 3.8) is 0 Å². The van der Waals surface area contributed by atoms with Crippen LogP contribution in [0.5, 0.6) is 5.75 Å². The SMILES string of the molecule is CCOc1cccc2c1NCC2C(=O)O. The summed E-state index contributed by atoms with van der Waals surface area (Å²) in [6.07, 6.45) is 0. The first kappa shape index (κ1) is 9.83. The highest BCUT2D eigenvalue weighted by Gasteiger charge is 2.29. The first-order chi connectivity index (χ1) is 7.24. The van der Waals surface area contributed by atoms with Crippen LogP contribution in [0.1, 0.15) is 18.4 Å². The molecular formula is C11H13NO3. The van der Waals surface area contributed by atoms with Gasteiger partial charge in [-0.05, 0) is 18.6 Å². The van der Waals surface area contributed by atoms with Gasteiger partial charge in [-0.15, -0.1) is 0 Å². The molecule has 2 rings (SSSR count). The highest BCUT2D eigenvalue weighted by Crippen LogP contribution is 2.38. The van der Waals surface area contributed by atoms with Crippen LogP contribution in [0.2, 0.25) is 0 Å². The second kappa shape index (κ2) is 3.81. The number of para-hydroxylation sites is 1. The van der Waals surface area contributed by atoms with Gasteiger partial charge in [0.25, 0.3) is 0 Å². The van der Waals surface area contributed by atoms with E-state index < -0.39 is 11.9 Å². The number of carboxylic acid groups (broad SMARTS) is 1. The van der Waals surface area contributed by atoms with E-state index in [-0.39, 0.29) is 0 Å². The van der Waals surface area contributed by atoms with Crippen LogP contribution in [0.3, 0.4) is 0 Å². The van der Waals surface area contributed by atoms with Crippen LogP contribution in [0.15, 0.2) is 18.2 Å². The van der Waals surface area contributed by atoms with Gasteiger partial charge in [-0.25, -0.2) is 0 Å². The molecule has 0 aliphatic carbocycles. The largest absolute Gasteiger partial charge is 0.492 e. The van der Waals surface area contributed by atoms with Gasteiger partial charge in [-0.3, -0.25) is 4.79 Å². The molecule has 1 aromatic carbocycles. The van der Waals surface area contributed by atoms with Gasteiger partial charge in [-0.1, -0.05) is 12.1 Å². The van der Waals surface area contributed by atoms with E-state index in [4.69, 9.17) is 9.84 Å². The quantitative estimate of drug-likeness (QED) is 0.791. The Balaban J connectivity index is 2.38. The Morgan fingerprint density at radius 3 is 3.13 bits per heavy atom. The lowest BCUT2D eigenvalue weighted by molar-refractivity contribution is -0.138. The summed E-state index contributed by atoms with van der Waals surface area (Å²) in [4.78, 5) is 11.0. The third-order valence-electron chi connectivity index (χ3n) is 2.51. The minimum atomic E-state index is -0.796. The van der Waals surface area contributed by atoms with Crippen LogP contribution >= 0.6 is 0 Å². The van der Waals surface area contributed by atoms with Crippen molar-refractivity contribution in [3.05, 3.63) is 23.8 Å². The van der Waals surface area contributed by atoms with Crippen LogP contribution in [0.4, 0.5) is 5.69 Å². The van der Waals surface area contributed by atoms with Gasteiger partial charge in [0.05, 0.1) is 12.3 Å². The molecule has 0 saturated carbocycles. The lowest BCUT2D eigenvalue weighted by Gasteiger charge is -2.09. The minimum absolute atomic E-state index is 0.439. The monoisotopic (exact) mass is 207 g/mol. The molecule has 0 bridgehead atoms. The van der Waals surface area contributed by atoms with Crippen LogP contribution in [-0.2, 0) is 4.79 Å². The Hall–Kier alpha value is -1.71. The van der Waals surface area contributed by atoms with Gasteiger partial charge in [0, 0.05) is 6.54 Å². The fraction of sp³-hybridized carbons (Fsp3) is 0.364. The molecule has 1 aliphatic heterocycles. The number of carbonyl (C=O) groups is 1. The summed E-state index contributed by atoms with van der Waals surface area (Å²) in [5, 5.41) is 12.1. The molecule has 1 unspecified atom stereocenters. The summed E-state index contributed by atoms with van der Waals surface area (Å²) in [5.74, 6) is -0.519. The van der Waals surface area contributed by atoms with E-state index in [0.29, 0.717) is 13.2 Å². The fourth-order valence-corrected chi connectivity index (χ4v) is 1.84. The van der Waals surface area contributed by atoms with Crippen LogP contribution in [0.25, 0.3) is 0 Å². The number of ether oxygens (including phenoxy) is 1. The molecule has 80 valence electrons. The summed E-state index contributed by atoms with van der Waals surface area (Å²) in [5.41, 5.74) is 1.64. The van der Waals surface area contributed by atoms with Crippen molar-refractivity contribution in [2.75, 3.05) is 18.5 Å². The molecule has 4 nitrogen and oxygen atoms in total. The molecule has 1 heterocycles. The Bertz CT molecular complexity index is 389. The zero-order valence-corrected chi connectivity index (χ0v) is 8.49. The van der Waals surface area contributed by atoms with Gasteiger partial charge in [0.2, 0.25) is 0 Å². The number of hydrogen-bond donors (Lipinski definition) is 2. The predicted octanol–water partition coefficient (Wildman–Crippen LogP) is 1.68. The van der Waals surface area contributed by atoms with Crippen molar-refractivity contribution in [2.24, 2.45) is 0 Å². The van der Waals surface area contributed by atoms with Crippen LogP contribution < -0.4 is 10.1 Å². The molecule has 0 saturated heterocycles. The Kier molecular flexibility index (Phi) is 2.49. The van der Waals surface area contributed by atoms with Gasteiger partial charge in [-0.2, -0.15) is 0 Å². The standard InChI is InChI=1S/C11H13NO3/c1-2-15-9-5-3-4-7-8(11(13)14)6-12-10(7)9/h3-5,8,12H,2,6H2,1H3,(H,13,14). The molecular weight excluding hydrogens is 194 g/mol. The molecule has 1 aliphatic rings. The van der Waals surface area contributed by atoms with Crippen molar-refractivity contribution in [3.8, 4) is 5.75 Å². The van der Waals surface area contributed by atoms with Gasteiger partial charge >= 0.3 is 5.97 Å². The molecule has 0 spiro atoms. The maximum absolute atomic E-state index is 11.0. The molecule has 0 amide bonds. The molecule has 1 aromatic rings. The third-order valence-corrected chi connectivity index (χ3v) is 2.51. The number of fused-ring (bicyclic) bond motifs is 1. The number of nitrogens with one attached hydrogen (secondary N) is 1. The fourth-order valence-electron chi connectivity index (χ4n) is 1.84. The zero-order valence-electron chi connectivity index (χ0n) is 8.49. The van der Waals surface area contributed by atoms with Crippen molar-refractivity contribution in [1.82, 2.24) is 0 Å². The molecule has 0 fully saturated rings. The summed E-state index contributed by atoms with van der Waals surface area (Å²) < 4.78 is 5.42. The summed E-state index contributed by atoms with van der Waals surface area (Å²) in [6.45, 7) is 2.92. The summed E-state index contributed by atoms with van der Waals surface area (Å²) in [6, 6.07) is 5.50. The van der Waals surface area contributed by atoms with Gasteiger partial charge in [0.15, 0.2) is 0 Å². The Morgan fingerprint density at radius 1 is 1.67 bits per heavy atom. The second-order valence-corrected chi connectivity index (χ2v) is 3.43. The number of benzene rings is 1. The summed E-state index contributed by atoms with van der Waals surface area (Å²) >= 11 is 0. The van der Waals surface area contributed by atoms with Gasteiger partial charge < -0.3 is 15.2 Å². The van der Waals surface area contributed by atoms with E-state index in [1.807, 2.05) is 25.1 Å². The number of anilines is 1. The lowest BCUT2D eigenvalue weighted by Crippen LogP contribution is -2.12. The first-order valence-corrected chi connectivity index (χ1v) is 4.96. The smallest absolute Gasteiger partial charge is 0.312 e. The number of rotatable bonds is 3. The van der Waals surface area contributed by atoms with Crippen LogP contribution in [0, 0.1) is 0 Å². The third kappa shape index (κ3) is 1.63. The molecule has 1 atom stereocenters. The predicted molar refractivity (Wildman–Crippen MR) is 56.5 cm³/mol. The highest BCUT2D eigenvalue weighted by atomic mass is 16.5. The molecule has 2 N–H and O–H groups in total. The minimum Gasteiger partial charge on any atom is -0.492 e. The maximum Gasteiger partial charge on any atom is 0.312 e. The molecule has 15 heavy (non-hydrogen) atoms. The molecule has 0 aromatic heterocycles. The van der Waals surface area contributed by atoms with Gasteiger partial charge in [0.1, 0.15) is 11.7 Å². The number of carboxylic acids is 1. The van der Waals surface area contributed by atoms with E-state index in [1.165, 1.54) is 0 Å². The average molecular weight is 207 g/mol. The number of aliphatic carboxylic acids is 1. The van der Waals surface area contributed by atoms with E-state index in [0.717, 1.165) is 17.0 Å². The Labute approximate surface area is 87.9 Å². The van der Waals surface area contributed by atoms with Crippen molar-refractivity contribution < 1.29 is 14.6 Å². The first-order valence-electron chi connectivity index (χ1n) is 4.96. The maximum atomic E-state index is 11.0. The second-order valence-electron chi connectivity index (χ2n) is 3.43. The highest BCUT2D eigenvalue weighted by molar-refractivity contribution is 5.84. The van der Waals surface area contributed by atoms with E-state index in [2.05, 4.69) is 5.32 Å². The lowest BCUT2D eigenvalue weighted by atomic mass is 10.0. The van der Waals surface area contributed by atoms with Crippen molar-refractivity contribution >= 4 is 11.7 Å². The Morgan fingerprint density at radius 2 is 2.47 bits per heavy atom. The average Bonchev–Trinajstić information content (AvgIpc) is 2.62. The summed E-state index contributed by atoms with van der Waals surface area (Å²) in [7, 11) is 0. The van der Waals surface area contributed by atoms with Crippen molar-refractivity contribution in [1.29, 1.82) is 0 Å². The van der Waals surface area contributed by atoms with Crippen molar-refractivity contribution in [2.45, 2.75) is 12.8 Å². The van der Waals surface area contributed by atoms with E-state index in [1.54, 1.807) is 0 Å². The topological polar surface area (TPSA) is 58.6 Å². The van der Waals surface area contributed by atoms with E-state index in [9.17, 15) is 4.79 Å². The van der Waals surface area contributed by atoms with Crippen LogP contribution in [-0.4, -0.2) is 24.2 Å². The van der Waals surface area contributed by atoms with E-state index >= 15 is 0 Å². The molecule has 0 radical (unpaired) electrons. The zero-order chi connectivity index (χ0) is 10.8. The molecule has 4 heteroatoms.